The molecule has 100 valence electrons. The highest BCUT2D eigenvalue weighted by Gasteiger charge is 2.30. The summed E-state index contributed by atoms with van der Waals surface area (Å²) < 4.78 is 0. The average Bonchev–Trinajstić information content (AvgIpc) is 2.40. The van der Waals surface area contributed by atoms with E-state index in [1.807, 2.05) is 6.07 Å². The third kappa shape index (κ3) is 3.07. The highest BCUT2D eigenvalue weighted by molar-refractivity contribution is 6.30. The van der Waals surface area contributed by atoms with Gasteiger partial charge in [0.15, 0.2) is 0 Å². The molecule has 0 aromatic heterocycles. The zero-order valence-electron chi connectivity index (χ0n) is 11.5. The highest BCUT2D eigenvalue weighted by atomic mass is 35.5. The number of hydrogen-bond acceptors (Lipinski definition) is 1. The lowest BCUT2D eigenvalue weighted by atomic mass is 9.72. The average molecular weight is 266 g/mol. The summed E-state index contributed by atoms with van der Waals surface area (Å²) in [6.45, 7) is 2.33. The van der Waals surface area contributed by atoms with Crippen molar-refractivity contribution in [1.82, 2.24) is 5.32 Å². The molecule has 0 aliphatic heterocycles. The van der Waals surface area contributed by atoms with Gasteiger partial charge in [0, 0.05) is 11.1 Å². The van der Waals surface area contributed by atoms with Crippen LogP contribution in [0.4, 0.5) is 0 Å². The Bertz CT molecular complexity index is 377. The summed E-state index contributed by atoms with van der Waals surface area (Å²) in [5.41, 5.74) is 1.34. The molecule has 18 heavy (non-hydrogen) atoms. The molecule has 0 saturated heterocycles. The summed E-state index contributed by atoms with van der Waals surface area (Å²) in [4.78, 5) is 0. The van der Waals surface area contributed by atoms with E-state index in [0.29, 0.717) is 6.04 Å². The second-order valence-electron chi connectivity index (χ2n) is 5.44. The predicted molar refractivity (Wildman–Crippen MR) is 79.0 cm³/mol. The fraction of sp³-hybridized carbons (Fsp3) is 0.625. The lowest BCUT2D eigenvalue weighted by Crippen LogP contribution is -2.32. The van der Waals surface area contributed by atoms with Crippen molar-refractivity contribution in [3.63, 3.8) is 0 Å². The summed E-state index contributed by atoms with van der Waals surface area (Å²) in [5.74, 6) is 1.61. The van der Waals surface area contributed by atoms with Gasteiger partial charge in [-0.1, -0.05) is 56.3 Å². The monoisotopic (exact) mass is 265 g/mol. The van der Waals surface area contributed by atoms with Crippen molar-refractivity contribution >= 4 is 11.6 Å². The van der Waals surface area contributed by atoms with Crippen molar-refractivity contribution < 1.29 is 0 Å². The summed E-state index contributed by atoms with van der Waals surface area (Å²) in [5, 5.41) is 4.37. The number of hydrogen-bond donors (Lipinski definition) is 1. The molecule has 1 N–H and O–H groups in total. The van der Waals surface area contributed by atoms with Crippen LogP contribution in [0.3, 0.4) is 0 Å². The van der Waals surface area contributed by atoms with E-state index >= 15 is 0 Å². The van der Waals surface area contributed by atoms with Gasteiger partial charge in [0.2, 0.25) is 0 Å². The van der Waals surface area contributed by atoms with Crippen LogP contribution in [0.25, 0.3) is 0 Å². The third-order valence-corrected chi connectivity index (χ3v) is 4.67. The van der Waals surface area contributed by atoms with Gasteiger partial charge in [-0.15, -0.1) is 0 Å². The van der Waals surface area contributed by atoms with Gasteiger partial charge in [0.05, 0.1) is 0 Å². The molecule has 3 unspecified atom stereocenters. The summed E-state index contributed by atoms with van der Waals surface area (Å²) in [6.07, 6.45) is 6.81. The van der Waals surface area contributed by atoms with Gasteiger partial charge in [-0.3, -0.25) is 0 Å². The molecule has 0 radical (unpaired) electrons. The van der Waals surface area contributed by atoms with Crippen LogP contribution in [0.15, 0.2) is 24.3 Å². The number of halogens is 1. The van der Waals surface area contributed by atoms with Crippen molar-refractivity contribution in [3.8, 4) is 0 Å². The van der Waals surface area contributed by atoms with Gasteiger partial charge in [0.1, 0.15) is 0 Å². The molecule has 1 aliphatic rings. The van der Waals surface area contributed by atoms with E-state index in [0.717, 1.165) is 16.9 Å². The zero-order chi connectivity index (χ0) is 13.0. The molecular formula is C16H24ClN. The highest BCUT2D eigenvalue weighted by Crippen LogP contribution is 2.40. The van der Waals surface area contributed by atoms with Gasteiger partial charge in [-0.05, 0) is 43.0 Å². The maximum absolute atomic E-state index is 6.13. The first-order chi connectivity index (χ1) is 8.76. The van der Waals surface area contributed by atoms with Crippen LogP contribution in [0.2, 0.25) is 5.02 Å². The number of rotatable bonds is 4. The van der Waals surface area contributed by atoms with Crippen molar-refractivity contribution in [2.75, 3.05) is 7.05 Å². The largest absolute Gasteiger partial charge is 0.313 e. The Labute approximate surface area is 116 Å². The minimum absolute atomic E-state index is 0.453. The fourth-order valence-corrected chi connectivity index (χ4v) is 3.71. The Morgan fingerprint density at radius 1 is 1.33 bits per heavy atom. The molecule has 1 aromatic carbocycles. The topological polar surface area (TPSA) is 12.0 Å². The van der Waals surface area contributed by atoms with Crippen LogP contribution in [-0.2, 0) is 0 Å². The fourth-order valence-electron chi connectivity index (χ4n) is 3.51. The van der Waals surface area contributed by atoms with Crippen molar-refractivity contribution in [1.29, 1.82) is 0 Å². The standard InChI is InChI=1S/C16H24ClN/c1-3-12-7-4-5-10-15(12)16(18-2)13-8-6-9-14(17)11-13/h6,8-9,11-12,15-16,18H,3-5,7,10H2,1-2H3. The Kier molecular flexibility index (Phi) is 5.08. The van der Waals surface area contributed by atoms with Crippen molar-refractivity contribution in [3.05, 3.63) is 34.9 Å². The molecule has 2 rings (SSSR count). The molecule has 1 aromatic rings. The van der Waals surface area contributed by atoms with Gasteiger partial charge in [-0.2, -0.15) is 0 Å². The molecule has 1 fully saturated rings. The van der Waals surface area contributed by atoms with E-state index < -0.39 is 0 Å². The van der Waals surface area contributed by atoms with Crippen LogP contribution in [0.5, 0.6) is 0 Å². The Hall–Kier alpha value is -0.530. The Morgan fingerprint density at radius 3 is 2.78 bits per heavy atom. The number of nitrogens with one attached hydrogen (secondary N) is 1. The van der Waals surface area contributed by atoms with Crippen LogP contribution < -0.4 is 5.32 Å². The molecule has 1 aliphatic carbocycles. The SMILES string of the molecule is CCC1CCCCC1C(NC)c1cccc(Cl)c1. The lowest BCUT2D eigenvalue weighted by molar-refractivity contribution is 0.180. The summed E-state index contributed by atoms with van der Waals surface area (Å²) in [7, 11) is 2.08. The van der Waals surface area contributed by atoms with Crippen molar-refractivity contribution in [2.24, 2.45) is 11.8 Å². The predicted octanol–water partition coefficient (Wildman–Crippen LogP) is 4.82. The smallest absolute Gasteiger partial charge is 0.0409 e. The van der Waals surface area contributed by atoms with Gasteiger partial charge in [-0.25, -0.2) is 0 Å². The van der Waals surface area contributed by atoms with E-state index in [2.05, 4.69) is 37.5 Å². The van der Waals surface area contributed by atoms with E-state index in [9.17, 15) is 0 Å². The molecule has 2 heteroatoms. The van der Waals surface area contributed by atoms with Crippen LogP contribution in [0.1, 0.15) is 50.6 Å². The lowest BCUT2D eigenvalue weighted by Gasteiger charge is -2.37. The Balaban J connectivity index is 2.21. The molecule has 0 spiro atoms. The molecule has 3 atom stereocenters. The molecule has 1 saturated carbocycles. The van der Waals surface area contributed by atoms with E-state index in [-0.39, 0.29) is 0 Å². The Morgan fingerprint density at radius 2 is 2.11 bits per heavy atom. The van der Waals surface area contributed by atoms with E-state index in [4.69, 9.17) is 11.6 Å². The second kappa shape index (κ2) is 6.58. The van der Waals surface area contributed by atoms with Gasteiger partial charge >= 0.3 is 0 Å². The first-order valence-corrected chi connectivity index (χ1v) is 7.56. The van der Waals surface area contributed by atoms with Crippen LogP contribution in [0, 0.1) is 11.8 Å². The van der Waals surface area contributed by atoms with Crippen molar-refractivity contribution in [2.45, 2.75) is 45.1 Å². The minimum Gasteiger partial charge on any atom is -0.313 e. The zero-order valence-corrected chi connectivity index (χ0v) is 12.2. The molecule has 0 heterocycles. The summed E-state index contributed by atoms with van der Waals surface area (Å²) in [6, 6.07) is 8.79. The normalized spacial score (nSPS) is 25.9. The van der Waals surface area contributed by atoms with Crippen LogP contribution in [-0.4, -0.2) is 7.05 Å². The molecule has 1 nitrogen and oxygen atoms in total. The van der Waals surface area contributed by atoms with Crippen LogP contribution >= 0.6 is 11.6 Å². The molecule has 0 amide bonds. The number of benzene rings is 1. The van der Waals surface area contributed by atoms with E-state index in [1.165, 1.54) is 37.7 Å². The quantitative estimate of drug-likeness (QED) is 0.823. The summed E-state index contributed by atoms with van der Waals surface area (Å²) >= 11 is 6.13. The first-order valence-electron chi connectivity index (χ1n) is 7.19. The molecule has 0 bridgehead atoms. The third-order valence-electron chi connectivity index (χ3n) is 4.44. The first kappa shape index (κ1) is 13.9. The maximum atomic E-state index is 6.13. The second-order valence-corrected chi connectivity index (χ2v) is 5.87. The van der Waals surface area contributed by atoms with Gasteiger partial charge < -0.3 is 5.32 Å². The maximum Gasteiger partial charge on any atom is 0.0409 e. The van der Waals surface area contributed by atoms with Gasteiger partial charge in [0.25, 0.3) is 0 Å². The molecular weight excluding hydrogens is 242 g/mol. The van der Waals surface area contributed by atoms with E-state index in [1.54, 1.807) is 0 Å². The minimum atomic E-state index is 0.453.